The quantitative estimate of drug-likeness (QED) is 0.671. The van der Waals surface area contributed by atoms with Gasteiger partial charge in [0.1, 0.15) is 11.5 Å². The molecule has 0 aliphatic carbocycles. The molecule has 1 aromatic carbocycles. The molecule has 0 aliphatic rings. The molecular formula is C15H26N2O2. The molecule has 4 heteroatoms. The Hall–Kier alpha value is -1.26. The molecule has 1 rings (SSSR count). The van der Waals surface area contributed by atoms with Crippen molar-refractivity contribution >= 4 is 0 Å². The summed E-state index contributed by atoms with van der Waals surface area (Å²) >= 11 is 0. The second-order valence-electron chi connectivity index (χ2n) is 4.95. The zero-order valence-corrected chi connectivity index (χ0v) is 12.5. The van der Waals surface area contributed by atoms with Gasteiger partial charge in [0, 0.05) is 31.3 Å². The molecule has 0 aromatic heterocycles. The van der Waals surface area contributed by atoms with E-state index in [0.717, 1.165) is 43.2 Å². The van der Waals surface area contributed by atoms with Crippen LogP contribution in [0.4, 0.5) is 0 Å². The number of ether oxygens (including phenoxy) is 2. The third kappa shape index (κ3) is 5.94. The topological polar surface area (TPSA) is 42.5 Å². The molecule has 0 aliphatic heterocycles. The number of methoxy groups -OCH3 is 2. The Morgan fingerprint density at radius 1 is 1.05 bits per heavy atom. The smallest absolute Gasteiger partial charge is 0.127 e. The Bertz CT molecular complexity index is 367. The standard InChI is InChI=1S/C15H26N2O2/c1-12(2)10-16-7-8-17-11-13-5-6-14(18-3)9-15(13)19-4/h5-6,9,12,16-17H,7-8,10-11H2,1-4H3. The van der Waals surface area contributed by atoms with Crippen LogP contribution in [0.2, 0.25) is 0 Å². The first-order chi connectivity index (χ1) is 9.17. The summed E-state index contributed by atoms with van der Waals surface area (Å²) in [4.78, 5) is 0. The van der Waals surface area contributed by atoms with Crippen molar-refractivity contribution in [2.24, 2.45) is 5.92 Å². The maximum absolute atomic E-state index is 5.36. The maximum atomic E-state index is 5.36. The number of hydrogen-bond donors (Lipinski definition) is 2. The van der Waals surface area contributed by atoms with E-state index in [-0.39, 0.29) is 0 Å². The van der Waals surface area contributed by atoms with Crippen LogP contribution in [-0.2, 0) is 6.54 Å². The Kier molecular flexibility index (Phi) is 7.30. The van der Waals surface area contributed by atoms with Gasteiger partial charge in [0.05, 0.1) is 14.2 Å². The second kappa shape index (κ2) is 8.77. The third-order valence-electron chi connectivity index (χ3n) is 2.84. The van der Waals surface area contributed by atoms with Crippen molar-refractivity contribution in [1.29, 1.82) is 0 Å². The molecule has 0 bridgehead atoms. The van der Waals surface area contributed by atoms with Gasteiger partial charge in [-0.25, -0.2) is 0 Å². The van der Waals surface area contributed by atoms with Crippen molar-refractivity contribution in [2.45, 2.75) is 20.4 Å². The Balaban J connectivity index is 2.32. The van der Waals surface area contributed by atoms with Crippen LogP contribution >= 0.6 is 0 Å². The Morgan fingerprint density at radius 2 is 1.79 bits per heavy atom. The highest BCUT2D eigenvalue weighted by molar-refractivity contribution is 5.40. The molecule has 0 saturated carbocycles. The minimum Gasteiger partial charge on any atom is -0.497 e. The zero-order chi connectivity index (χ0) is 14.1. The fourth-order valence-electron chi connectivity index (χ4n) is 1.79. The average molecular weight is 266 g/mol. The lowest BCUT2D eigenvalue weighted by molar-refractivity contribution is 0.389. The summed E-state index contributed by atoms with van der Waals surface area (Å²) in [5, 5.41) is 6.81. The van der Waals surface area contributed by atoms with Crippen LogP contribution in [0.1, 0.15) is 19.4 Å². The van der Waals surface area contributed by atoms with E-state index in [1.54, 1.807) is 14.2 Å². The minimum atomic E-state index is 0.696. The van der Waals surface area contributed by atoms with E-state index < -0.39 is 0 Å². The fourth-order valence-corrected chi connectivity index (χ4v) is 1.79. The molecule has 0 fully saturated rings. The minimum absolute atomic E-state index is 0.696. The van der Waals surface area contributed by atoms with Gasteiger partial charge in [-0.15, -0.1) is 0 Å². The lowest BCUT2D eigenvalue weighted by Crippen LogP contribution is -2.29. The molecule has 0 atom stereocenters. The van der Waals surface area contributed by atoms with Gasteiger partial charge in [0.15, 0.2) is 0 Å². The van der Waals surface area contributed by atoms with Gasteiger partial charge in [0.25, 0.3) is 0 Å². The van der Waals surface area contributed by atoms with Crippen LogP contribution in [0.15, 0.2) is 18.2 Å². The summed E-state index contributed by atoms with van der Waals surface area (Å²) < 4.78 is 10.5. The van der Waals surface area contributed by atoms with Gasteiger partial charge >= 0.3 is 0 Å². The highest BCUT2D eigenvalue weighted by Crippen LogP contribution is 2.24. The summed E-state index contributed by atoms with van der Waals surface area (Å²) in [6, 6.07) is 5.90. The molecule has 0 spiro atoms. The summed E-state index contributed by atoms with van der Waals surface area (Å²) in [5.41, 5.74) is 1.15. The predicted octanol–water partition coefficient (Wildman–Crippen LogP) is 2.04. The first kappa shape index (κ1) is 15.8. The van der Waals surface area contributed by atoms with Gasteiger partial charge in [0.2, 0.25) is 0 Å². The van der Waals surface area contributed by atoms with Crippen LogP contribution in [0.3, 0.4) is 0 Å². The van der Waals surface area contributed by atoms with Gasteiger partial charge in [-0.3, -0.25) is 0 Å². The van der Waals surface area contributed by atoms with Crippen LogP contribution in [0.25, 0.3) is 0 Å². The van der Waals surface area contributed by atoms with E-state index in [2.05, 4.69) is 24.5 Å². The first-order valence-corrected chi connectivity index (χ1v) is 6.79. The van der Waals surface area contributed by atoms with Crippen LogP contribution in [0.5, 0.6) is 11.5 Å². The van der Waals surface area contributed by atoms with E-state index >= 15 is 0 Å². The lowest BCUT2D eigenvalue weighted by Gasteiger charge is -2.12. The lowest BCUT2D eigenvalue weighted by atomic mass is 10.2. The highest BCUT2D eigenvalue weighted by Gasteiger charge is 2.04. The van der Waals surface area contributed by atoms with E-state index in [4.69, 9.17) is 9.47 Å². The van der Waals surface area contributed by atoms with Gasteiger partial charge in [-0.2, -0.15) is 0 Å². The summed E-state index contributed by atoms with van der Waals surface area (Å²) in [5.74, 6) is 2.38. The molecule has 0 unspecified atom stereocenters. The second-order valence-corrected chi connectivity index (χ2v) is 4.95. The predicted molar refractivity (Wildman–Crippen MR) is 79.0 cm³/mol. The number of nitrogens with one attached hydrogen (secondary N) is 2. The van der Waals surface area contributed by atoms with Crippen molar-refractivity contribution in [3.8, 4) is 11.5 Å². The molecule has 2 N–H and O–H groups in total. The third-order valence-corrected chi connectivity index (χ3v) is 2.84. The first-order valence-electron chi connectivity index (χ1n) is 6.79. The molecule has 1 aromatic rings. The summed E-state index contributed by atoms with van der Waals surface area (Å²) in [6.07, 6.45) is 0. The van der Waals surface area contributed by atoms with E-state index in [9.17, 15) is 0 Å². The molecular weight excluding hydrogens is 240 g/mol. The molecule has 0 saturated heterocycles. The van der Waals surface area contributed by atoms with Crippen molar-refractivity contribution in [2.75, 3.05) is 33.9 Å². The highest BCUT2D eigenvalue weighted by atomic mass is 16.5. The van der Waals surface area contributed by atoms with Crippen molar-refractivity contribution < 1.29 is 9.47 Å². The maximum Gasteiger partial charge on any atom is 0.127 e. The van der Waals surface area contributed by atoms with Crippen molar-refractivity contribution in [3.63, 3.8) is 0 Å². The van der Waals surface area contributed by atoms with Gasteiger partial charge < -0.3 is 20.1 Å². The molecule has 4 nitrogen and oxygen atoms in total. The van der Waals surface area contributed by atoms with E-state index in [1.165, 1.54) is 0 Å². The number of rotatable bonds is 9. The molecule has 108 valence electrons. The van der Waals surface area contributed by atoms with Crippen LogP contribution < -0.4 is 20.1 Å². The van der Waals surface area contributed by atoms with E-state index in [1.807, 2.05) is 18.2 Å². The monoisotopic (exact) mass is 266 g/mol. The largest absolute Gasteiger partial charge is 0.497 e. The van der Waals surface area contributed by atoms with E-state index in [0.29, 0.717) is 5.92 Å². The summed E-state index contributed by atoms with van der Waals surface area (Å²) in [7, 11) is 3.34. The van der Waals surface area contributed by atoms with Gasteiger partial charge in [-0.1, -0.05) is 19.9 Å². The fraction of sp³-hybridized carbons (Fsp3) is 0.600. The van der Waals surface area contributed by atoms with Gasteiger partial charge in [-0.05, 0) is 18.5 Å². The molecule has 0 radical (unpaired) electrons. The molecule has 19 heavy (non-hydrogen) atoms. The van der Waals surface area contributed by atoms with Crippen molar-refractivity contribution in [1.82, 2.24) is 10.6 Å². The SMILES string of the molecule is COc1ccc(CNCCNCC(C)C)c(OC)c1. The molecule has 0 heterocycles. The number of hydrogen-bond acceptors (Lipinski definition) is 4. The van der Waals surface area contributed by atoms with Crippen LogP contribution in [0, 0.1) is 5.92 Å². The summed E-state index contributed by atoms with van der Waals surface area (Å²) in [6.45, 7) is 8.22. The average Bonchev–Trinajstić information content (AvgIpc) is 2.42. The number of benzene rings is 1. The van der Waals surface area contributed by atoms with Crippen LogP contribution in [-0.4, -0.2) is 33.9 Å². The Morgan fingerprint density at radius 3 is 2.42 bits per heavy atom. The van der Waals surface area contributed by atoms with Crippen molar-refractivity contribution in [3.05, 3.63) is 23.8 Å². The Labute approximate surface area is 116 Å². The molecule has 0 amide bonds. The normalized spacial score (nSPS) is 10.8. The zero-order valence-electron chi connectivity index (χ0n) is 12.5.